The molecule has 3 aromatic rings. The summed E-state index contributed by atoms with van der Waals surface area (Å²) in [6, 6.07) is 17.0. The topological polar surface area (TPSA) is 32.7 Å². The number of carbonyl (C=O) groups is 1. The van der Waals surface area contributed by atoms with E-state index >= 15 is 4.39 Å². The lowest BCUT2D eigenvalue weighted by molar-refractivity contribution is 0.0174. The second-order valence-electron chi connectivity index (χ2n) is 12.8. The van der Waals surface area contributed by atoms with E-state index in [1.165, 1.54) is 31.0 Å². The molecule has 1 amide bonds. The Morgan fingerprint density at radius 3 is 2.39 bits per heavy atom. The first-order valence-corrected chi connectivity index (χ1v) is 16.0. The third-order valence-corrected chi connectivity index (χ3v) is 9.06. The van der Waals surface area contributed by atoms with Gasteiger partial charge in [0.1, 0.15) is 5.82 Å². The molecule has 238 valence electrons. The molecule has 1 heterocycles. The number of carbonyl (C=O) groups excluding carboxylic acids is 1. The molecule has 6 heteroatoms. The van der Waals surface area contributed by atoms with Gasteiger partial charge in [-0.25, -0.2) is 18.2 Å². The summed E-state index contributed by atoms with van der Waals surface area (Å²) in [5.41, 5.74) is 5.94. The number of alkyl halides is 2. The number of halogens is 3. The zero-order valence-corrected chi connectivity index (χ0v) is 26.9. The third kappa shape index (κ3) is 7.88. The number of aryl methyl sites for hydroxylation is 2. The fourth-order valence-electron chi connectivity index (χ4n) is 6.13. The molecule has 2 fully saturated rings. The molecule has 0 radical (unpaired) electrons. The molecule has 0 spiro atoms. The predicted octanol–water partition coefficient (Wildman–Crippen LogP) is 9.99. The number of aliphatic imine (C=N–C) groups is 1. The summed E-state index contributed by atoms with van der Waals surface area (Å²) >= 11 is 0. The second kappa shape index (κ2) is 14.0. The number of hydrogen-bond acceptors (Lipinski definition) is 2. The lowest BCUT2D eigenvalue weighted by Gasteiger charge is -2.32. The van der Waals surface area contributed by atoms with E-state index in [1.54, 1.807) is 23.1 Å². The van der Waals surface area contributed by atoms with Crippen molar-refractivity contribution in [2.24, 2.45) is 16.8 Å². The Morgan fingerprint density at radius 1 is 1.02 bits per heavy atom. The summed E-state index contributed by atoms with van der Waals surface area (Å²) in [4.78, 5) is 20.0. The van der Waals surface area contributed by atoms with Crippen LogP contribution in [0.1, 0.15) is 83.6 Å². The Labute approximate surface area is 270 Å². The van der Waals surface area contributed by atoms with Crippen LogP contribution < -0.4 is 0 Å². The molecular formula is C40H41F3N2O. The van der Waals surface area contributed by atoms with E-state index < -0.39 is 11.7 Å². The summed E-state index contributed by atoms with van der Waals surface area (Å²) in [5, 5.41) is 0. The van der Waals surface area contributed by atoms with Crippen LogP contribution in [0.2, 0.25) is 0 Å². The summed E-state index contributed by atoms with van der Waals surface area (Å²) in [6.45, 7) is 9.77. The average molecular weight is 623 g/mol. The first kappa shape index (κ1) is 33.0. The molecule has 0 N–H and O–H groups in total. The zero-order chi connectivity index (χ0) is 33.0. The van der Waals surface area contributed by atoms with Gasteiger partial charge < -0.3 is 4.90 Å². The highest BCUT2D eigenvalue weighted by Crippen LogP contribution is 2.37. The smallest absolute Gasteiger partial charge is 0.270 e. The third-order valence-electron chi connectivity index (χ3n) is 9.06. The minimum atomic E-state index is -3.02. The van der Waals surface area contributed by atoms with E-state index in [4.69, 9.17) is 11.4 Å². The normalized spacial score (nSPS) is 16.3. The summed E-state index contributed by atoms with van der Waals surface area (Å²) in [5.74, 6) is -0.586. The average Bonchev–Trinajstić information content (AvgIpc) is 3.85. The van der Waals surface area contributed by atoms with E-state index in [0.717, 1.165) is 30.2 Å². The van der Waals surface area contributed by atoms with Crippen LogP contribution in [-0.2, 0) is 5.92 Å². The van der Waals surface area contributed by atoms with Gasteiger partial charge in [-0.15, -0.1) is 6.42 Å². The molecule has 46 heavy (non-hydrogen) atoms. The lowest BCUT2D eigenvalue weighted by Crippen LogP contribution is -2.40. The van der Waals surface area contributed by atoms with E-state index in [2.05, 4.69) is 12.5 Å². The molecule has 2 aliphatic rings. The van der Waals surface area contributed by atoms with Crippen molar-refractivity contribution in [1.29, 1.82) is 0 Å². The highest BCUT2D eigenvalue weighted by Gasteiger charge is 2.29. The number of piperidine rings is 1. The minimum Gasteiger partial charge on any atom is -0.339 e. The van der Waals surface area contributed by atoms with Crippen molar-refractivity contribution >= 4 is 22.9 Å². The van der Waals surface area contributed by atoms with Gasteiger partial charge in [0.25, 0.3) is 11.8 Å². The molecule has 1 aliphatic heterocycles. The van der Waals surface area contributed by atoms with E-state index in [-0.39, 0.29) is 23.0 Å². The number of terminal acetylenes is 1. The maximum atomic E-state index is 15.8. The predicted molar refractivity (Wildman–Crippen MR) is 181 cm³/mol. The second-order valence-corrected chi connectivity index (χ2v) is 12.8. The number of nitrogens with zero attached hydrogens (tertiary/aromatic N) is 2. The van der Waals surface area contributed by atoms with Crippen LogP contribution in [-0.4, -0.2) is 29.6 Å². The number of hydrogen-bond donors (Lipinski definition) is 0. The maximum Gasteiger partial charge on any atom is 0.270 e. The summed E-state index contributed by atoms with van der Waals surface area (Å²) < 4.78 is 44.4. The molecule has 3 nitrogen and oxygen atoms in total. The number of allylic oxidation sites excluding steroid dienone is 2. The Balaban J connectivity index is 1.37. The first-order chi connectivity index (χ1) is 21.9. The van der Waals surface area contributed by atoms with Crippen molar-refractivity contribution in [3.8, 4) is 12.3 Å². The monoisotopic (exact) mass is 622 g/mol. The van der Waals surface area contributed by atoms with Crippen molar-refractivity contribution in [2.75, 3.05) is 13.1 Å². The molecule has 1 saturated heterocycles. The van der Waals surface area contributed by atoms with Crippen LogP contribution in [0, 0.1) is 43.8 Å². The quantitative estimate of drug-likeness (QED) is 0.126. The highest BCUT2D eigenvalue weighted by atomic mass is 19.3. The van der Waals surface area contributed by atoms with Gasteiger partial charge in [0.15, 0.2) is 0 Å². The zero-order valence-electron chi connectivity index (χ0n) is 26.9. The van der Waals surface area contributed by atoms with Crippen molar-refractivity contribution in [2.45, 2.75) is 65.2 Å². The van der Waals surface area contributed by atoms with Crippen LogP contribution in [0.4, 0.5) is 18.9 Å². The van der Waals surface area contributed by atoms with E-state index in [1.807, 2.05) is 44.2 Å². The fraction of sp³-hybridized carbons (Fsp3) is 0.350. The van der Waals surface area contributed by atoms with Gasteiger partial charge in [0, 0.05) is 31.5 Å². The van der Waals surface area contributed by atoms with Gasteiger partial charge in [0.2, 0.25) is 0 Å². The Bertz CT molecular complexity index is 1730. The number of likely N-dealkylation sites (tertiary alicyclic amines) is 1. The van der Waals surface area contributed by atoms with E-state index in [9.17, 15) is 13.6 Å². The number of benzene rings is 3. The van der Waals surface area contributed by atoms with Gasteiger partial charge in [-0.05, 0) is 110 Å². The summed E-state index contributed by atoms with van der Waals surface area (Å²) in [6.07, 6.45) is 12.9. The molecule has 0 atom stereocenters. The molecule has 0 aromatic heterocycles. The Morgan fingerprint density at radius 2 is 1.74 bits per heavy atom. The van der Waals surface area contributed by atoms with Gasteiger partial charge in [0.05, 0.1) is 17.0 Å². The van der Waals surface area contributed by atoms with Crippen molar-refractivity contribution < 1.29 is 18.0 Å². The molecule has 3 aromatic carbocycles. The van der Waals surface area contributed by atoms with Crippen LogP contribution in [0.25, 0.3) is 5.57 Å². The summed E-state index contributed by atoms with van der Waals surface area (Å²) in [7, 11) is 0. The largest absolute Gasteiger partial charge is 0.339 e. The molecular weight excluding hydrogens is 581 g/mol. The van der Waals surface area contributed by atoms with Gasteiger partial charge in [-0.1, -0.05) is 60.5 Å². The van der Waals surface area contributed by atoms with Crippen molar-refractivity contribution in [3.05, 3.63) is 118 Å². The molecule has 5 rings (SSSR count). The molecule has 1 aliphatic carbocycles. The molecule has 0 unspecified atom stereocenters. The van der Waals surface area contributed by atoms with Crippen LogP contribution in [0.5, 0.6) is 0 Å². The molecule has 1 saturated carbocycles. The lowest BCUT2D eigenvalue weighted by atomic mass is 9.89. The highest BCUT2D eigenvalue weighted by molar-refractivity contribution is 6.03. The van der Waals surface area contributed by atoms with Crippen molar-refractivity contribution in [3.63, 3.8) is 0 Å². The van der Waals surface area contributed by atoms with Gasteiger partial charge in [-0.2, -0.15) is 0 Å². The van der Waals surface area contributed by atoms with Gasteiger partial charge in [-0.3, -0.25) is 4.79 Å². The van der Waals surface area contributed by atoms with E-state index in [0.29, 0.717) is 66.2 Å². The fourth-order valence-corrected chi connectivity index (χ4v) is 6.13. The minimum absolute atomic E-state index is 0.00298. The van der Waals surface area contributed by atoms with Crippen LogP contribution in [0.15, 0.2) is 83.9 Å². The van der Waals surface area contributed by atoms with Gasteiger partial charge >= 0.3 is 0 Å². The van der Waals surface area contributed by atoms with Crippen LogP contribution >= 0.6 is 0 Å². The number of amides is 1. The van der Waals surface area contributed by atoms with Crippen LogP contribution in [0.3, 0.4) is 0 Å². The number of rotatable bonds is 10. The Kier molecular flexibility index (Phi) is 10.0. The molecule has 0 bridgehead atoms. The van der Waals surface area contributed by atoms with Crippen molar-refractivity contribution in [1.82, 2.24) is 4.90 Å². The SMILES string of the molecule is C#CC(=Nc1ccccc1C)C1CCN(C(=O)c2cc(C)c(/C(=C\CC(=C)CC3CC3)c3cccc(C(C)(F)F)c3)cc2F)CC1. The first-order valence-electron chi connectivity index (χ1n) is 16.0. The number of para-hydroxylation sites is 1. The standard InChI is InChI=1S/C40H41F3N2O/c1-6-37(44-38-13-8-7-10-27(38)3)30-18-20-45(21-19-30)39(46)35-23-28(4)34(25-36(35)41)33(17-14-26(2)22-29-15-16-29)31-11-9-12-32(24-31)40(5,42)43/h1,7-13,17,23-25,29-30H,2,14-16,18-22H2,3-5H3/b33-17-,44-37?. The Hall–Kier alpha value is -4.37. The maximum absolute atomic E-state index is 15.8.